The third-order valence-electron chi connectivity index (χ3n) is 3.44. The lowest BCUT2D eigenvalue weighted by atomic mass is 10.1. The van der Waals surface area contributed by atoms with Gasteiger partial charge in [0.1, 0.15) is 0 Å². The van der Waals surface area contributed by atoms with Gasteiger partial charge < -0.3 is 27.2 Å². The molecule has 0 amide bonds. The monoisotopic (exact) mass is 320 g/mol. The van der Waals surface area contributed by atoms with Crippen molar-refractivity contribution in [3.63, 3.8) is 0 Å². The van der Waals surface area contributed by atoms with Crippen LogP contribution in [0.4, 0.5) is 0 Å². The molecule has 2 aromatic carbocycles. The largest absolute Gasteiger partial charge is 1.00 e. The molecule has 1 atom stereocenters. The van der Waals surface area contributed by atoms with Crippen molar-refractivity contribution in [2.45, 2.75) is 26.4 Å². The predicted molar refractivity (Wildman–Crippen MR) is 85.9 cm³/mol. The Bertz CT molecular complexity index is 560. The molecule has 0 radical (unpaired) electrons. The number of nitrogens with one attached hydrogen (secondary N) is 1. The minimum atomic E-state index is 0. The Morgan fingerprint density at radius 3 is 2.41 bits per heavy atom. The standard InChI is InChI=1S/C18H23NO2.ClH/c1-4-21-17-11-10-15(12-18(17)20-3)13-19-14(2)16-8-6-5-7-9-16;/h5-12,14,19H,4,13H2,1-3H3;1H/p-1. The Morgan fingerprint density at radius 2 is 1.77 bits per heavy atom. The summed E-state index contributed by atoms with van der Waals surface area (Å²) >= 11 is 0. The summed E-state index contributed by atoms with van der Waals surface area (Å²) in [5, 5.41) is 3.52. The van der Waals surface area contributed by atoms with E-state index in [9.17, 15) is 0 Å². The average Bonchev–Trinajstić information content (AvgIpc) is 2.54. The zero-order valence-electron chi connectivity index (χ0n) is 13.3. The molecule has 0 aromatic heterocycles. The smallest absolute Gasteiger partial charge is 0.161 e. The zero-order chi connectivity index (χ0) is 15.1. The second kappa shape index (κ2) is 9.34. The molecule has 0 spiro atoms. The molecule has 1 N–H and O–H groups in total. The topological polar surface area (TPSA) is 30.5 Å². The van der Waals surface area contributed by atoms with Crippen LogP contribution < -0.4 is 27.2 Å². The van der Waals surface area contributed by atoms with E-state index in [4.69, 9.17) is 9.47 Å². The van der Waals surface area contributed by atoms with Crippen molar-refractivity contribution < 1.29 is 21.9 Å². The van der Waals surface area contributed by atoms with Crippen molar-refractivity contribution in [2.24, 2.45) is 0 Å². The van der Waals surface area contributed by atoms with Gasteiger partial charge in [-0.25, -0.2) is 0 Å². The van der Waals surface area contributed by atoms with Crippen molar-refractivity contribution in [1.82, 2.24) is 5.32 Å². The first-order valence-electron chi connectivity index (χ1n) is 7.32. The molecule has 0 saturated heterocycles. The van der Waals surface area contributed by atoms with Crippen LogP contribution in [0.5, 0.6) is 11.5 Å². The highest BCUT2D eigenvalue weighted by molar-refractivity contribution is 5.43. The molecule has 0 bridgehead atoms. The second-order valence-electron chi connectivity index (χ2n) is 4.93. The van der Waals surface area contributed by atoms with Gasteiger partial charge in [0.2, 0.25) is 0 Å². The molecule has 120 valence electrons. The summed E-state index contributed by atoms with van der Waals surface area (Å²) < 4.78 is 10.9. The van der Waals surface area contributed by atoms with Gasteiger partial charge in [-0.2, -0.15) is 0 Å². The van der Waals surface area contributed by atoms with Gasteiger partial charge in [-0.1, -0.05) is 36.4 Å². The number of hydrogen-bond donors (Lipinski definition) is 1. The molecule has 0 saturated carbocycles. The molecule has 2 rings (SSSR count). The molecular weight excluding hydrogens is 298 g/mol. The summed E-state index contributed by atoms with van der Waals surface area (Å²) in [4.78, 5) is 0. The lowest BCUT2D eigenvalue weighted by molar-refractivity contribution is -0.00000515. The zero-order valence-corrected chi connectivity index (χ0v) is 14.1. The maximum absolute atomic E-state index is 5.53. The Hall–Kier alpha value is -1.71. The summed E-state index contributed by atoms with van der Waals surface area (Å²) in [6, 6.07) is 16.8. The van der Waals surface area contributed by atoms with Crippen LogP contribution in [0.1, 0.15) is 31.0 Å². The predicted octanol–water partition coefficient (Wildman–Crippen LogP) is 0.949. The van der Waals surface area contributed by atoms with Gasteiger partial charge in [0.15, 0.2) is 11.5 Å². The minimum absolute atomic E-state index is 0. The van der Waals surface area contributed by atoms with Crippen LogP contribution in [0.3, 0.4) is 0 Å². The van der Waals surface area contributed by atoms with Crippen LogP contribution >= 0.6 is 0 Å². The lowest BCUT2D eigenvalue weighted by Gasteiger charge is -2.15. The Kier molecular flexibility index (Phi) is 7.78. The van der Waals surface area contributed by atoms with Gasteiger partial charge in [-0.15, -0.1) is 0 Å². The molecular formula is C18H23ClNO2-. The maximum Gasteiger partial charge on any atom is 0.161 e. The fourth-order valence-electron chi connectivity index (χ4n) is 2.23. The normalized spacial score (nSPS) is 11.4. The molecule has 2 aromatic rings. The molecule has 0 fully saturated rings. The van der Waals surface area contributed by atoms with Gasteiger partial charge in [0.25, 0.3) is 0 Å². The van der Waals surface area contributed by atoms with E-state index in [0.29, 0.717) is 12.6 Å². The Balaban J connectivity index is 0.00000242. The average molecular weight is 321 g/mol. The molecule has 0 aliphatic carbocycles. The van der Waals surface area contributed by atoms with E-state index < -0.39 is 0 Å². The third-order valence-corrected chi connectivity index (χ3v) is 3.44. The van der Waals surface area contributed by atoms with Crippen LogP contribution in [0.25, 0.3) is 0 Å². The van der Waals surface area contributed by atoms with Crippen LogP contribution in [-0.2, 0) is 6.54 Å². The third kappa shape index (κ3) is 4.93. The van der Waals surface area contributed by atoms with Crippen molar-refractivity contribution in [1.29, 1.82) is 0 Å². The molecule has 1 unspecified atom stereocenters. The first kappa shape index (κ1) is 18.3. The molecule has 0 aliphatic heterocycles. The number of halogens is 1. The number of methoxy groups -OCH3 is 1. The highest BCUT2D eigenvalue weighted by atomic mass is 35.5. The first-order valence-corrected chi connectivity index (χ1v) is 7.32. The van der Waals surface area contributed by atoms with E-state index in [1.54, 1.807) is 7.11 Å². The van der Waals surface area contributed by atoms with Crippen molar-refractivity contribution >= 4 is 0 Å². The highest BCUT2D eigenvalue weighted by Gasteiger charge is 2.07. The van der Waals surface area contributed by atoms with Crippen LogP contribution in [0.15, 0.2) is 48.5 Å². The number of benzene rings is 2. The lowest BCUT2D eigenvalue weighted by Crippen LogP contribution is -3.00. The molecule has 0 aliphatic rings. The van der Waals surface area contributed by atoms with Crippen molar-refractivity contribution in [3.05, 3.63) is 59.7 Å². The van der Waals surface area contributed by atoms with Crippen LogP contribution in [0, 0.1) is 0 Å². The molecule has 4 heteroatoms. The summed E-state index contributed by atoms with van der Waals surface area (Å²) in [7, 11) is 1.67. The van der Waals surface area contributed by atoms with Gasteiger partial charge >= 0.3 is 0 Å². The fraction of sp³-hybridized carbons (Fsp3) is 0.333. The summed E-state index contributed by atoms with van der Waals surface area (Å²) in [6.07, 6.45) is 0. The van der Waals surface area contributed by atoms with E-state index in [2.05, 4.69) is 42.6 Å². The van der Waals surface area contributed by atoms with Gasteiger partial charge in [-0.05, 0) is 37.1 Å². The minimum Gasteiger partial charge on any atom is -1.00 e. The number of rotatable bonds is 7. The quantitative estimate of drug-likeness (QED) is 0.824. The van der Waals surface area contributed by atoms with Crippen LogP contribution in [0.2, 0.25) is 0 Å². The van der Waals surface area contributed by atoms with E-state index >= 15 is 0 Å². The number of ether oxygens (including phenoxy) is 2. The van der Waals surface area contributed by atoms with Gasteiger partial charge in [0, 0.05) is 12.6 Å². The van der Waals surface area contributed by atoms with E-state index in [1.807, 2.05) is 25.1 Å². The van der Waals surface area contributed by atoms with E-state index in [-0.39, 0.29) is 12.4 Å². The van der Waals surface area contributed by atoms with Crippen LogP contribution in [-0.4, -0.2) is 13.7 Å². The molecule has 0 heterocycles. The van der Waals surface area contributed by atoms with Crippen molar-refractivity contribution in [2.75, 3.05) is 13.7 Å². The first-order chi connectivity index (χ1) is 10.2. The van der Waals surface area contributed by atoms with Crippen molar-refractivity contribution in [3.8, 4) is 11.5 Å². The molecule has 3 nitrogen and oxygen atoms in total. The SMILES string of the molecule is CCOc1ccc(CNC(C)c2ccccc2)cc1OC.[Cl-]. The van der Waals surface area contributed by atoms with E-state index in [1.165, 1.54) is 11.1 Å². The molecule has 22 heavy (non-hydrogen) atoms. The van der Waals surface area contributed by atoms with E-state index in [0.717, 1.165) is 18.0 Å². The van der Waals surface area contributed by atoms with Gasteiger partial charge in [-0.3, -0.25) is 0 Å². The highest BCUT2D eigenvalue weighted by Crippen LogP contribution is 2.28. The second-order valence-corrected chi connectivity index (χ2v) is 4.93. The maximum atomic E-state index is 5.53. The Morgan fingerprint density at radius 1 is 1.05 bits per heavy atom. The number of hydrogen-bond acceptors (Lipinski definition) is 3. The summed E-state index contributed by atoms with van der Waals surface area (Å²) in [6.45, 7) is 5.56. The van der Waals surface area contributed by atoms with Gasteiger partial charge in [0.05, 0.1) is 13.7 Å². The fourth-order valence-corrected chi connectivity index (χ4v) is 2.23. The summed E-state index contributed by atoms with van der Waals surface area (Å²) in [5.74, 6) is 1.57. The summed E-state index contributed by atoms with van der Waals surface area (Å²) in [5.41, 5.74) is 2.47. The Labute approximate surface area is 139 Å².